The molecule has 0 N–H and O–H groups in total. The van der Waals surface area contributed by atoms with Gasteiger partial charge in [0.15, 0.2) is 0 Å². The van der Waals surface area contributed by atoms with Crippen LogP contribution in [0.1, 0.15) is 127 Å². The van der Waals surface area contributed by atoms with Crippen LogP contribution in [0.2, 0.25) is 0 Å². The van der Waals surface area contributed by atoms with E-state index < -0.39 is 0 Å². The first-order valence-corrected chi connectivity index (χ1v) is 13.9. The van der Waals surface area contributed by atoms with Crippen molar-refractivity contribution in [2.75, 3.05) is 0 Å². The van der Waals surface area contributed by atoms with Gasteiger partial charge in [-0.15, -0.1) is 0 Å². The first-order valence-electron chi connectivity index (χ1n) is 13.9. The van der Waals surface area contributed by atoms with Gasteiger partial charge < -0.3 is 0 Å². The molecule has 0 aliphatic heterocycles. The van der Waals surface area contributed by atoms with Gasteiger partial charge in [0.05, 0.1) is 0 Å². The lowest BCUT2D eigenvalue weighted by atomic mass is 9.33. The van der Waals surface area contributed by atoms with Crippen molar-refractivity contribution in [2.45, 2.75) is 127 Å². The van der Waals surface area contributed by atoms with E-state index >= 15 is 0 Å². The molecule has 4 saturated carbocycles. The number of hydrogen-bond donors (Lipinski definition) is 0. The van der Waals surface area contributed by atoms with Crippen LogP contribution in [0.25, 0.3) is 0 Å². The van der Waals surface area contributed by atoms with Gasteiger partial charge in [0, 0.05) is 0 Å². The largest absolute Gasteiger partial charge is 0.0841 e. The topological polar surface area (TPSA) is 0 Å². The minimum atomic E-state index is 0.425. The monoisotopic (exact) mass is 424 g/mol. The predicted molar refractivity (Wildman–Crippen MR) is 134 cm³/mol. The molecule has 0 heterocycles. The maximum Gasteiger partial charge on any atom is -0.00565 e. The summed E-state index contributed by atoms with van der Waals surface area (Å²) in [6.07, 6.45) is 17.3. The lowest BCUT2D eigenvalue weighted by Crippen LogP contribution is -2.63. The molecule has 5 rings (SSSR count). The summed E-state index contributed by atoms with van der Waals surface area (Å²) in [4.78, 5) is 0. The molecule has 4 fully saturated rings. The van der Waals surface area contributed by atoms with Crippen LogP contribution in [-0.2, 0) is 0 Å². The molecule has 0 aromatic carbocycles. The Balaban J connectivity index is 1.57. The summed E-state index contributed by atoms with van der Waals surface area (Å²) in [6.45, 7) is 23.8. The predicted octanol–water partition coefficient (Wildman–Crippen LogP) is 9.44. The van der Waals surface area contributed by atoms with Gasteiger partial charge in [-0.25, -0.2) is 0 Å². The van der Waals surface area contributed by atoms with Crippen molar-refractivity contribution in [3.05, 3.63) is 11.6 Å². The summed E-state index contributed by atoms with van der Waals surface area (Å²) in [5, 5.41) is 0. The second kappa shape index (κ2) is 6.44. The van der Waals surface area contributed by atoms with Crippen LogP contribution in [0.3, 0.4) is 0 Å². The number of fused-ring (bicyclic) bond motifs is 7. The molecule has 8 atom stereocenters. The quantitative estimate of drug-likeness (QED) is 0.340. The van der Waals surface area contributed by atoms with Crippen LogP contribution >= 0.6 is 0 Å². The molecule has 0 unspecified atom stereocenters. The van der Waals surface area contributed by atoms with Gasteiger partial charge in [0.25, 0.3) is 0 Å². The van der Waals surface area contributed by atoms with E-state index in [2.05, 4.69) is 68.4 Å². The molecule has 5 aliphatic rings. The smallest absolute Gasteiger partial charge is 0.00565 e. The van der Waals surface area contributed by atoms with Gasteiger partial charge in [0.1, 0.15) is 0 Å². The van der Waals surface area contributed by atoms with Gasteiger partial charge in [-0.1, -0.05) is 74.0 Å². The third-order valence-corrected chi connectivity index (χ3v) is 13.6. The molecule has 176 valence electrons. The highest BCUT2D eigenvalue weighted by molar-refractivity contribution is 5.33. The molecule has 0 spiro atoms. The average Bonchev–Trinajstić information content (AvgIpc) is 2.67. The molecule has 0 radical (unpaired) electrons. The zero-order valence-corrected chi connectivity index (χ0v) is 22.5. The number of hydrogen-bond acceptors (Lipinski definition) is 0. The average molecular weight is 425 g/mol. The summed E-state index contributed by atoms with van der Waals surface area (Å²) >= 11 is 0. The summed E-state index contributed by atoms with van der Waals surface area (Å²) in [5.41, 5.74) is 4.95. The normalized spacial score (nSPS) is 55.2. The van der Waals surface area contributed by atoms with Crippen molar-refractivity contribution in [3.63, 3.8) is 0 Å². The highest BCUT2D eigenvalue weighted by Gasteiger charge is 2.67. The van der Waals surface area contributed by atoms with Crippen LogP contribution in [0.4, 0.5) is 0 Å². The van der Waals surface area contributed by atoms with E-state index in [0.717, 1.165) is 23.7 Å². The minimum Gasteiger partial charge on any atom is -0.0841 e. The van der Waals surface area contributed by atoms with Crippen molar-refractivity contribution in [1.29, 1.82) is 0 Å². The van der Waals surface area contributed by atoms with E-state index in [1.807, 2.05) is 5.57 Å². The molecule has 0 amide bonds. The molecular formula is C31H52. The fourth-order valence-electron chi connectivity index (χ4n) is 10.7. The fraction of sp³-hybridized carbons (Fsp3) is 0.935. The van der Waals surface area contributed by atoms with Crippen molar-refractivity contribution in [3.8, 4) is 0 Å². The van der Waals surface area contributed by atoms with E-state index in [-0.39, 0.29) is 0 Å². The molecule has 0 aromatic rings. The van der Waals surface area contributed by atoms with Crippen LogP contribution < -0.4 is 0 Å². The molecule has 0 bridgehead atoms. The van der Waals surface area contributed by atoms with E-state index in [0.29, 0.717) is 32.5 Å². The van der Waals surface area contributed by atoms with E-state index in [9.17, 15) is 0 Å². The van der Waals surface area contributed by atoms with Crippen LogP contribution in [-0.4, -0.2) is 0 Å². The van der Waals surface area contributed by atoms with Gasteiger partial charge >= 0.3 is 0 Å². The molecule has 31 heavy (non-hydrogen) atoms. The van der Waals surface area contributed by atoms with E-state index in [1.165, 1.54) is 64.2 Å². The highest BCUT2D eigenvalue weighted by atomic mass is 14.7. The Labute approximate surface area is 194 Å². The van der Waals surface area contributed by atoms with Crippen LogP contribution in [0.15, 0.2) is 11.6 Å². The van der Waals surface area contributed by atoms with Crippen LogP contribution in [0.5, 0.6) is 0 Å². The van der Waals surface area contributed by atoms with E-state index in [4.69, 9.17) is 0 Å². The molecule has 0 aromatic heterocycles. The lowest BCUT2D eigenvalue weighted by molar-refractivity contribution is -0.190. The minimum absolute atomic E-state index is 0.425. The van der Waals surface area contributed by atoms with Gasteiger partial charge in [-0.2, -0.15) is 0 Å². The number of rotatable bonds is 0. The van der Waals surface area contributed by atoms with Crippen LogP contribution in [0, 0.1) is 56.2 Å². The Morgan fingerprint density at radius 3 is 2.13 bits per heavy atom. The van der Waals surface area contributed by atoms with Crippen molar-refractivity contribution in [2.24, 2.45) is 56.2 Å². The fourth-order valence-corrected chi connectivity index (χ4v) is 10.7. The first kappa shape index (κ1) is 22.5. The Kier molecular flexibility index (Phi) is 4.68. The summed E-state index contributed by atoms with van der Waals surface area (Å²) in [7, 11) is 0. The van der Waals surface area contributed by atoms with Gasteiger partial charge in [0.2, 0.25) is 0 Å². The molecule has 0 saturated heterocycles. The Morgan fingerprint density at radius 2 is 1.42 bits per heavy atom. The Hall–Kier alpha value is -0.260. The summed E-state index contributed by atoms with van der Waals surface area (Å²) < 4.78 is 0. The molecular weight excluding hydrogens is 372 g/mol. The molecule has 0 heteroatoms. The maximum atomic E-state index is 2.86. The maximum absolute atomic E-state index is 2.86. The number of allylic oxidation sites excluding steroid dienone is 2. The lowest BCUT2D eigenvalue weighted by Gasteiger charge is -2.71. The highest BCUT2D eigenvalue weighted by Crippen LogP contribution is 2.76. The second-order valence-corrected chi connectivity index (χ2v) is 15.6. The van der Waals surface area contributed by atoms with E-state index in [1.54, 1.807) is 0 Å². The molecule has 0 nitrogen and oxygen atoms in total. The second-order valence-electron chi connectivity index (χ2n) is 15.6. The van der Waals surface area contributed by atoms with Crippen molar-refractivity contribution >= 4 is 0 Å². The van der Waals surface area contributed by atoms with Crippen molar-refractivity contribution in [1.82, 2.24) is 0 Å². The third kappa shape index (κ3) is 2.78. The SMILES string of the molecule is C[C@H]1CC[C@]2(C)[C@H]3CC=C4[C@@H]5CC(C)(C)CC[C@]5(C)CC[C@@]4(C)[C@]3(C)CC[C@H]2C1(C)C. The Morgan fingerprint density at radius 1 is 0.742 bits per heavy atom. The van der Waals surface area contributed by atoms with Gasteiger partial charge in [-0.3, -0.25) is 0 Å². The van der Waals surface area contributed by atoms with Crippen molar-refractivity contribution < 1.29 is 0 Å². The first-order chi connectivity index (χ1) is 14.2. The molecule has 5 aliphatic carbocycles. The Bertz CT molecular complexity index is 784. The van der Waals surface area contributed by atoms with Gasteiger partial charge in [-0.05, 0) is 120 Å². The summed E-state index contributed by atoms with van der Waals surface area (Å²) in [5.74, 6) is 3.49. The zero-order chi connectivity index (χ0) is 22.7. The zero-order valence-electron chi connectivity index (χ0n) is 22.5. The standard InChI is InChI=1S/C31H52/c1-21-12-14-29(7)24(27(21,4)5)13-15-31(9)25(29)11-10-22-23-20-26(2,3)16-17-28(23,6)18-19-30(22,31)8/h10,21,23-25H,11-20H2,1-9H3/t21-,23-,24-,25+,28+,29-,30+,31+/m0/s1. The summed E-state index contributed by atoms with van der Waals surface area (Å²) in [6, 6.07) is 0. The third-order valence-electron chi connectivity index (χ3n) is 13.6.